The molecule has 2 aliphatic carbocycles. The van der Waals surface area contributed by atoms with Crippen molar-refractivity contribution >= 4 is 69.0 Å². The van der Waals surface area contributed by atoms with E-state index < -0.39 is 62.0 Å². The number of benzene rings is 3. The molecule has 0 bridgehead atoms. The van der Waals surface area contributed by atoms with Gasteiger partial charge in [-0.05, 0) is 30.2 Å². The predicted octanol–water partition coefficient (Wildman–Crippen LogP) is 4.65. The molecule has 0 spiro atoms. The fourth-order valence-electron chi connectivity index (χ4n) is 7.59. The lowest BCUT2D eigenvalue weighted by Gasteiger charge is -2.50. The number of alkyl halides is 2. The SMILES string of the molecule is CN1C(=O)C2(Cl)CC3C(=CCC4C(=O)N(c5cccc([N+](=O)[O-])c5)C(=O)C43)C(c3ccc4ccccc4c3O)C2(Cl)C1=O. The summed E-state index contributed by atoms with van der Waals surface area (Å²) in [6.45, 7) is 0. The fraction of sp³-hybridized carbons (Fsp3) is 0.290. The van der Waals surface area contributed by atoms with Gasteiger partial charge in [0.2, 0.25) is 11.8 Å². The minimum absolute atomic E-state index is 0.0683. The van der Waals surface area contributed by atoms with Crippen LogP contribution in [0.2, 0.25) is 0 Å². The van der Waals surface area contributed by atoms with Gasteiger partial charge in [0, 0.05) is 36.0 Å². The summed E-state index contributed by atoms with van der Waals surface area (Å²) in [4.78, 5) is 63.8. The Balaban J connectivity index is 1.41. The van der Waals surface area contributed by atoms with Gasteiger partial charge in [-0.3, -0.25) is 34.2 Å². The van der Waals surface area contributed by atoms with Crippen LogP contribution in [0.1, 0.15) is 24.3 Å². The zero-order valence-corrected chi connectivity index (χ0v) is 24.1. The van der Waals surface area contributed by atoms with E-state index >= 15 is 0 Å². The summed E-state index contributed by atoms with van der Waals surface area (Å²) >= 11 is 14.4. The first-order valence-corrected chi connectivity index (χ1v) is 14.4. The van der Waals surface area contributed by atoms with Gasteiger partial charge in [0.1, 0.15) is 5.75 Å². The van der Waals surface area contributed by atoms with Crippen LogP contribution in [0.4, 0.5) is 11.4 Å². The number of nitrogens with zero attached hydrogens (tertiary/aromatic N) is 3. The zero-order valence-electron chi connectivity index (χ0n) is 22.6. The third-order valence-electron chi connectivity index (χ3n) is 9.56. The van der Waals surface area contributed by atoms with Crippen LogP contribution in [0, 0.1) is 27.9 Å². The molecular formula is C31H23Cl2N3O7. The number of hydrogen-bond acceptors (Lipinski definition) is 7. The number of likely N-dealkylation sites (tertiary alicyclic amines) is 1. The van der Waals surface area contributed by atoms with E-state index in [1.54, 1.807) is 30.3 Å². The highest BCUT2D eigenvalue weighted by Gasteiger charge is 2.76. The molecule has 0 radical (unpaired) electrons. The molecule has 7 rings (SSSR count). The van der Waals surface area contributed by atoms with Crippen LogP contribution in [-0.4, -0.2) is 55.4 Å². The first kappa shape index (κ1) is 27.5. The Kier molecular flexibility index (Phi) is 5.84. The molecule has 6 unspecified atom stereocenters. The number of non-ortho nitro benzene ring substituents is 1. The van der Waals surface area contributed by atoms with Crippen molar-refractivity contribution in [2.45, 2.75) is 28.5 Å². The smallest absolute Gasteiger partial charge is 0.271 e. The monoisotopic (exact) mass is 619 g/mol. The van der Waals surface area contributed by atoms with Crippen LogP contribution in [-0.2, 0) is 19.2 Å². The number of aromatic hydroxyl groups is 1. The van der Waals surface area contributed by atoms with Crippen molar-refractivity contribution in [1.29, 1.82) is 0 Å². The average Bonchev–Trinajstić information content (AvgIpc) is 3.33. The van der Waals surface area contributed by atoms with Crippen molar-refractivity contribution < 1.29 is 29.2 Å². The summed E-state index contributed by atoms with van der Waals surface area (Å²) in [5.41, 5.74) is 0.605. The van der Waals surface area contributed by atoms with Gasteiger partial charge < -0.3 is 5.11 Å². The van der Waals surface area contributed by atoms with Gasteiger partial charge in [0.25, 0.3) is 17.5 Å². The maximum absolute atomic E-state index is 14.1. The summed E-state index contributed by atoms with van der Waals surface area (Å²) in [5, 5.41) is 24.2. The molecule has 0 aromatic heterocycles. The Hall–Kier alpha value is -4.28. The van der Waals surface area contributed by atoms with Crippen molar-refractivity contribution in [2.75, 3.05) is 11.9 Å². The van der Waals surface area contributed by atoms with Crippen molar-refractivity contribution in [3.63, 3.8) is 0 Å². The van der Waals surface area contributed by atoms with Crippen LogP contribution in [0.25, 0.3) is 10.8 Å². The van der Waals surface area contributed by atoms with Crippen LogP contribution >= 0.6 is 23.2 Å². The lowest BCUT2D eigenvalue weighted by atomic mass is 9.56. The number of phenolic OH excluding ortho intramolecular Hbond substituents is 1. The Morgan fingerprint density at radius 2 is 1.70 bits per heavy atom. The highest BCUT2D eigenvalue weighted by Crippen LogP contribution is 2.66. The molecule has 1 N–H and O–H groups in total. The first-order chi connectivity index (χ1) is 20.4. The normalized spacial score (nSPS) is 31.7. The molecule has 6 atom stereocenters. The molecule has 218 valence electrons. The number of rotatable bonds is 3. The number of phenols is 1. The number of nitro benzene ring substituents is 1. The summed E-state index contributed by atoms with van der Waals surface area (Å²) < 4.78 is 0. The van der Waals surface area contributed by atoms with Crippen molar-refractivity contribution in [3.8, 4) is 5.75 Å². The van der Waals surface area contributed by atoms with E-state index in [0.29, 0.717) is 11.0 Å². The maximum atomic E-state index is 14.1. The van der Waals surface area contributed by atoms with E-state index in [-0.39, 0.29) is 35.5 Å². The number of carbonyl (C=O) groups is 4. The van der Waals surface area contributed by atoms with Gasteiger partial charge in [-0.2, -0.15) is 0 Å². The summed E-state index contributed by atoms with van der Waals surface area (Å²) in [7, 11) is 1.30. The molecule has 2 aliphatic heterocycles. The van der Waals surface area contributed by atoms with Gasteiger partial charge in [0.15, 0.2) is 9.75 Å². The molecule has 3 aromatic rings. The molecule has 2 heterocycles. The number of nitro groups is 1. The van der Waals surface area contributed by atoms with Crippen LogP contribution in [0.3, 0.4) is 0 Å². The van der Waals surface area contributed by atoms with E-state index in [1.807, 2.05) is 12.1 Å². The highest BCUT2D eigenvalue weighted by molar-refractivity contribution is 6.53. The van der Waals surface area contributed by atoms with Gasteiger partial charge in [0.05, 0.1) is 22.4 Å². The topological polar surface area (TPSA) is 138 Å². The van der Waals surface area contributed by atoms with E-state index in [1.165, 1.54) is 31.3 Å². The van der Waals surface area contributed by atoms with Crippen molar-refractivity contribution in [1.82, 2.24) is 4.90 Å². The highest BCUT2D eigenvalue weighted by atomic mass is 35.5. The third kappa shape index (κ3) is 3.41. The molecule has 43 heavy (non-hydrogen) atoms. The molecule has 4 amide bonds. The minimum Gasteiger partial charge on any atom is -0.507 e. The van der Waals surface area contributed by atoms with Gasteiger partial charge in [-0.25, -0.2) is 4.90 Å². The molecule has 1 saturated carbocycles. The number of fused-ring (bicyclic) bond motifs is 5. The van der Waals surface area contributed by atoms with E-state index in [9.17, 15) is 34.4 Å². The number of allylic oxidation sites excluding steroid dienone is 2. The maximum Gasteiger partial charge on any atom is 0.271 e. The van der Waals surface area contributed by atoms with E-state index in [0.717, 1.165) is 15.2 Å². The van der Waals surface area contributed by atoms with Gasteiger partial charge in [-0.1, -0.05) is 54.1 Å². The third-order valence-corrected chi connectivity index (χ3v) is 11.0. The van der Waals surface area contributed by atoms with Crippen molar-refractivity contribution in [3.05, 3.63) is 88.0 Å². The Morgan fingerprint density at radius 1 is 0.953 bits per heavy atom. The second-order valence-electron chi connectivity index (χ2n) is 11.5. The lowest BCUT2D eigenvalue weighted by molar-refractivity contribution is -0.384. The predicted molar refractivity (Wildman–Crippen MR) is 157 cm³/mol. The van der Waals surface area contributed by atoms with Gasteiger partial charge in [-0.15, -0.1) is 23.2 Å². The summed E-state index contributed by atoms with van der Waals surface area (Å²) in [6, 6.07) is 15.8. The molecule has 10 nitrogen and oxygen atoms in total. The standard InChI is InChI=1S/C31H23Cl2N3O7/c1-34-28(40)30(32)14-22-19(24(31(30,33)29(34)41)21-10-9-15-5-2-3-8-18(15)25(21)37)11-12-20-23(22)27(39)35(26(20)38)16-6-4-7-17(13-16)36(42)43/h2-11,13,20,22-24,37H,12,14H2,1H3. The number of carbonyl (C=O) groups excluding carboxylic acids is 4. The van der Waals surface area contributed by atoms with Crippen molar-refractivity contribution in [2.24, 2.45) is 17.8 Å². The number of halogens is 2. The minimum atomic E-state index is -2.03. The largest absolute Gasteiger partial charge is 0.507 e. The van der Waals surface area contributed by atoms with Crippen LogP contribution in [0.15, 0.2) is 72.3 Å². The van der Waals surface area contributed by atoms with Crippen LogP contribution < -0.4 is 4.90 Å². The van der Waals surface area contributed by atoms with E-state index in [2.05, 4.69) is 0 Å². The number of imide groups is 2. The Bertz CT molecular complexity index is 1860. The second kappa shape index (κ2) is 9.11. The van der Waals surface area contributed by atoms with Gasteiger partial charge >= 0.3 is 0 Å². The molecule has 4 aliphatic rings. The number of anilines is 1. The quantitative estimate of drug-likeness (QED) is 0.148. The second-order valence-corrected chi connectivity index (χ2v) is 12.8. The first-order valence-electron chi connectivity index (χ1n) is 13.6. The van der Waals surface area contributed by atoms with E-state index in [4.69, 9.17) is 23.2 Å². The summed E-state index contributed by atoms with van der Waals surface area (Å²) in [5.74, 6) is -6.37. The number of amides is 4. The Labute approximate surface area is 254 Å². The summed E-state index contributed by atoms with van der Waals surface area (Å²) in [6.07, 6.45) is 1.69. The zero-order chi connectivity index (χ0) is 30.6. The molecule has 2 saturated heterocycles. The Morgan fingerprint density at radius 3 is 2.44 bits per heavy atom. The lowest BCUT2D eigenvalue weighted by Crippen LogP contribution is -2.60. The molecule has 12 heteroatoms. The molecular weight excluding hydrogens is 597 g/mol. The average molecular weight is 620 g/mol. The molecule has 3 fully saturated rings. The van der Waals surface area contributed by atoms with Crippen LogP contribution in [0.5, 0.6) is 5.75 Å². The number of hydrogen-bond donors (Lipinski definition) is 1. The fourth-order valence-corrected chi connectivity index (χ4v) is 8.61. The molecule has 3 aromatic carbocycles.